The summed E-state index contributed by atoms with van der Waals surface area (Å²) in [7, 11) is 0. The third-order valence-electron chi connectivity index (χ3n) is 2.30. The molecule has 0 atom stereocenters. The first-order valence-electron chi connectivity index (χ1n) is 5.44. The predicted octanol–water partition coefficient (Wildman–Crippen LogP) is 1.97. The molecule has 7 heteroatoms. The summed E-state index contributed by atoms with van der Waals surface area (Å²) in [5.74, 6) is -0.184. The van der Waals surface area contributed by atoms with Crippen LogP contribution in [0.4, 0.5) is 0 Å². The van der Waals surface area contributed by atoms with E-state index in [1.54, 1.807) is 19.1 Å². The second-order valence-corrected chi connectivity index (χ2v) is 3.92. The minimum atomic E-state index is -0.584. The standard InChI is InChI=1S/C12H9ClN4O2/c1-2-19-12(18)9-7-16-17(10(9)5-14)11-4-3-8(13)6-15-11/h3-4,6-7H,2H2,1H3. The molecule has 0 radical (unpaired) electrons. The lowest BCUT2D eigenvalue weighted by molar-refractivity contribution is 0.0526. The van der Waals surface area contributed by atoms with Crippen LogP contribution in [0, 0.1) is 11.3 Å². The Morgan fingerprint density at radius 1 is 1.53 bits per heavy atom. The van der Waals surface area contributed by atoms with Gasteiger partial charge in [-0.25, -0.2) is 14.5 Å². The van der Waals surface area contributed by atoms with Gasteiger partial charge in [-0.2, -0.15) is 10.4 Å². The number of nitriles is 1. The van der Waals surface area contributed by atoms with Gasteiger partial charge in [-0.05, 0) is 19.1 Å². The Kier molecular flexibility index (Phi) is 3.78. The Labute approximate surface area is 114 Å². The van der Waals surface area contributed by atoms with Gasteiger partial charge in [0.1, 0.15) is 11.6 Å². The van der Waals surface area contributed by atoms with Crippen molar-refractivity contribution in [3.8, 4) is 11.9 Å². The Morgan fingerprint density at radius 2 is 2.32 bits per heavy atom. The number of pyridine rings is 1. The summed E-state index contributed by atoms with van der Waals surface area (Å²) in [6, 6.07) is 5.15. The minimum Gasteiger partial charge on any atom is -0.462 e. The third-order valence-corrected chi connectivity index (χ3v) is 2.52. The summed E-state index contributed by atoms with van der Waals surface area (Å²) in [4.78, 5) is 15.7. The van der Waals surface area contributed by atoms with Crippen LogP contribution in [0.2, 0.25) is 5.02 Å². The van der Waals surface area contributed by atoms with Gasteiger partial charge in [0.15, 0.2) is 11.5 Å². The van der Waals surface area contributed by atoms with E-state index in [-0.39, 0.29) is 17.9 Å². The summed E-state index contributed by atoms with van der Waals surface area (Å²) in [6.45, 7) is 1.92. The van der Waals surface area contributed by atoms with Crippen LogP contribution in [0.1, 0.15) is 23.0 Å². The van der Waals surface area contributed by atoms with E-state index in [1.807, 2.05) is 6.07 Å². The summed E-state index contributed by atoms with van der Waals surface area (Å²) in [5, 5.41) is 13.6. The maximum atomic E-state index is 11.7. The molecule has 19 heavy (non-hydrogen) atoms. The molecule has 0 amide bonds. The van der Waals surface area contributed by atoms with Gasteiger partial charge in [-0.3, -0.25) is 0 Å². The van der Waals surface area contributed by atoms with Crippen LogP contribution in [0.25, 0.3) is 5.82 Å². The van der Waals surface area contributed by atoms with Crippen molar-refractivity contribution < 1.29 is 9.53 Å². The van der Waals surface area contributed by atoms with Gasteiger partial charge in [0.05, 0.1) is 17.8 Å². The molecule has 2 aromatic heterocycles. The van der Waals surface area contributed by atoms with Crippen LogP contribution in [0.5, 0.6) is 0 Å². The highest BCUT2D eigenvalue weighted by atomic mass is 35.5. The fourth-order valence-electron chi connectivity index (χ4n) is 1.48. The van der Waals surface area contributed by atoms with Crippen molar-refractivity contribution in [1.82, 2.24) is 14.8 Å². The normalized spacial score (nSPS) is 9.95. The van der Waals surface area contributed by atoms with Gasteiger partial charge in [-0.1, -0.05) is 11.6 Å². The number of hydrogen-bond donors (Lipinski definition) is 0. The molecule has 0 spiro atoms. The molecule has 0 saturated heterocycles. The quantitative estimate of drug-likeness (QED) is 0.801. The molecule has 0 unspecified atom stereocenters. The average molecular weight is 277 g/mol. The van der Waals surface area contributed by atoms with Crippen molar-refractivity contribution in [2.75, 3.05) is 6.61 Å². The van der Waals surface area contributed by atoms with Crippen molar-refractivity contribution in [3.05, 3.63) is 40.8 Å². The molecule has 96 valence electrons. The minimum absolute atomic E-state index is 0.0771. The van der Waals surface area contributed by atoms with Crippen LogP contribution in [-0.2, 0) is 4.74 Å². The lowest BCUT2D eigenvalue weighted by Gasteiger charge is -2.02. The van der Waals surface area contributed by atoms with Gasteiger partial charge in [0, 0.05) is 6.20 Å². The second-order valence-electron chi connectivity index (χ2n) is 3.49. The molecule has 2 heterocycles. The highest BCUT2D eigenvalue weighted by Crippen LogP contribution is 2.15. The Bertz CT molecular complexity index is 643. The molecule has 0 fully saturated rings. The number of rotatable bonds is 3. The molecule has 0 aromatic carbocycles. The van der Waals surface area contributed by atoms with Gasteiger partial charge in [0.25, 0.3) is 0 Å². The lowest BCUT2D eigenvalue weighted by Crippen LogP contribution is -2.08. The molecule has 2 aromatic rings. The summed E-state index contributed by atoms with van der Waals surface area (Å²) >= 11 is 5.74. The molecule has 0 aliphatic heterocycles. The van der Waals surface area contributed by atoms with Crippen LogP contribution in [0.3, 0.4) is 0 Å². The summed E-state index contributed by atoms with van der Waals surface area (Å²) in [6.07, 6.45) is 2.72. The number of esters is 1. The Balaban J connectivity index is 2.46. The number of aromatic nitrogens is 3. The fraction of sp³-hybridized carbons (Fsp3) is 0.167. The van der Waals surface area contributed by atoms with E-state index in [0.29, 0.717) is 10.8 Å². The highest BCUT2D eigenvalue weighted by molar-refractivity contribution is 6.30. The number of ether oxygens (including phenoxy) is 1. The van der Waals surface area contributed by atoms with Crippen molar-refractivity contribution in [3.63, 3.8) is 0 Å². The number of carbonyl (C=O) groups excluding carboxylic acids is 1. The molecular weight excluding hydrogens is 268 g/mol. The molecular formula is C12H9ClN4O2. The van der Waals surface area contributed by atoms with Crippen LogP contribution < -0.4 is 0 Å². The third kappa shape index (κ3) is 2.56. The first-order chi connectivity index (χ1) is 9.17. The zero-order chi connectivity index (χ0) is 13.8. The van der Waals surface area contributed by atoms with E-state index in [1.165, 1.54) is 17.1 Å². The molecule has 0 saturated carbocycles. The van der Waals surface area contributed by atoms with Gasteiger partial charge in [0.2, 0.25) is 0 Å². The van der Waals surface area contributed by atoms with E-state index in [9.17, 15) is 4.79 Å². The van der Waals surface area contributed by atoms with Crippen LogP contribution in [-0.4, -0.2) is 27.3 Å². The fourth-order valence-corrected chi connectivity index (χ4v) is 1.59. The van der Waals surface area contributed by atoms with Crippen LogP contribution >= 0.6 is 11.6 Å². The number of carbonyl (C=O) groups is 1. The number of hydrogen-bond acceptors (Lipinski definition) is 5. The summed E-state index contributed by atoms with van der Waals surface area (Å²) < 4.78 is 6.12. The molecule has 6 nitrogen and oxygen atoms in total. The number of nitrogens with zero attached hydrogens (tertiary/aromatic N) is 4. The predicted molar refractivity (Wildman–Crippen MR) is 67.0 cm³/mol. The maximum Gasteiger partial charge on any atom is 0.342 e. The van der Waals surface area contributed by atoms with E-state index >= 15 is 0 Å². The largest absolute Gasteiger partial charge is 0.462 e. The van der Waals surface area contributed by atoms with Crippen LogP contribution in [0.15, 0.2) is 24.5 Å². The van der Waals surface area contributed by atoms with E-state index < -0.39 is 5.97 Å². The first-order valence-corrected chi connectivity index (χ1v) is 5.82. The SMILES string of the molecule is CCOC(=O)c1cnn(-c2ccc(Cl)cn2)c1C#N. The zero-order valence-electron chi connectivity index (χ0n) is 10.00. The lowest BCUT2D eigenvalue weighted by atomic mass is 10.2. The maximum absolute atomic E-state index is 11.7. The van der Waals surface area contributed by atoms with E-state index in [0.717, 1.165) is 0 Å². The zero-order valence-corrected chi connectivity index (χ0v) is 10.8. The van der Waals surface area contributed by atoms with Crippen molar-refractivity contribution in [2.45, 2.75) is 6.92 Å². The van der Waals surface area contributed by atoms with E-state index in [4.69, 9.17) is 21.6 Å². The second kappa shape index (κ2) is 5.50. The Hall–Kier alpha value is -2.39. The summed E-state index contributed by atoms with van der Waals surface area (Å²) in [5.41, 5.74) is 0.189. The van der Waals surface area contributed by atoms with Crippen molar-refractivity contribution >= 4 is 17.6 Å². The average Bonchev–Trinajstić information content (AvgIpc) is 2.83. The van der Waals surface area contributed by atoms with E-state index in [2.05, 4.69) is 10.1 Å². The first kappa shape index (κ1) is 13.1. The molecule has 0 aliphatic rings. The van der Waals surface area contributed by atoms with Gasteiger partial charge in [-0.15, -0.1) is 0 Å². The van der Waals surface area contributed by atoms with Crippen molar-refractivity contribution in [2.24, 2.45) is 0 Å². The Morgan fingerprint density at radius 3 is 2.89 bits per heavy atom. The molecule has 0 aliphatic carbocycles. The molecule has 0 N–H and O–H groups in total. The molecule has 0 bridgehead atoms. The van der Waals surface area contributed by atoms with Gasteiger partial charge < -0.3 is 4.74 Å². The number of halogens is 1. The molecule has 2 rings (SSSR count). The topological polar surface area (TPSA) is 80.8 Å². The monoisotopic (exact) mass is 276 g/mol. The van der Waals surface area contributed by atoms with Crippen molar-refractivity contribution in [1.29, 1.82) is 5.26 Å². The highest BCUT2D eigenvalue weighted by Gasteiger charge is 2.19. The smallest absolute Gasteiger partial charge is 0.342 e. The van der Waals surface area contributed by atoms with Gasteiger partial charge >= 0.3 is 5.97 Å².